The van der Waals surface area contributed by atoms with Crippen molar-refractivity contribution in [3.8, 4) is 0 Å². The topological polar surface area (TPSA) is 45.6 Å². The molecule has 1 aromatic heterocycles. The number of amides is 2. The third kappa shape index (κ3) is 5.81. The van der Waals surface area contributed by atoms with Gasteiger partial charge in [-0.25, -0.2) is 4.39 Å². The lowest BCUT2D eigenvalue weighted by molar-refractivity contribution is -0.133. The number of nitrogens with zero attached hydrogens (tertiary/aromatic N) is 3. The van der Waals surface area contributed by atoms with Gasteiger partial charge in [-0.15, -0.1) is 0 Å². The van der Waals surface area contributed by atoms with Crippen LogP contribution in [0.25, 0.3) is 0 Å². The first-order valence-corrected chi connectivity index (χ1v) is 10.3. The van der Waals surface area contributed by atoms with E-state index in [1.807, 2.05) is 74.1 Å². The fourth-order valence-corrected chi connectivity index (χ4v) is 3.39. The van der Waals surface area contributed by atoms with Gasteiger partial charge >= 0.3 is 0 Å². The molecule has 0 N–H and O–H groups in total. The molecule has 0 atom stereocenters. The molecule has 31 heavy (non-hydrogen) atoms. The predicted octanol–water partition coefficient (Wildman–Crippen LogP) is 4.24. The predicted molar refractivity (Wildman–Crippen MR) is 119 cm³/mol. The van der Waals surface area contributed by atoms with Crippen molar-refractivity contribution in [2.45, 2.75) is 33.0 Å². The number of halogens is 1. The highest BCUT2D eigenvalue weighted by Gasteiger charge is 2.25. The van der Waals surface area contributed by atoms with Crippen molar-refractivity contribution in [2.24, 2.45) is 7.05 Å². The highest BCUT2D eigenvalue weighted by Crippen LogP contribution is 2.14. The first-order chi connectivity index (χ1) is 14.8. The fraction of sp³-hybridized carbons (Fsp3) is 0.280. The van der Waals surface area contributed by atoms with Crippen LogP contribution in [-0.4, -0.2) is 38.8 Å². The Hall–Kier alpha value is -3.41. The molecule has 0 saturated carbocycles. The average Bonchev–Trinajstić information content (AvgIpc) is 3.16. The summed E-state index contributed by atoms with van der Waals surface area (Å²) in [5.74, 6) is -0.837. The van der Waals surface area contributed by atoms with Gasteiger partial charge in [0.15, 0.2) is 0 Å². The maximum Gasteiger partial charge on any atom is 0.254 e. The first-order valence-electron chi connectivity index (χ1n) is 10.3. The molecule has 162 valence electrons. The van der Waals surface area contributed by atoms with E-state index in [9.17, 15) is 14.0 Å². The van der Waals surface area contributed by atoms with E-state index in [1.54, 1.807) is 4.90 Å². The minimum atomic E-state index is -0.402. The monoisotopic (exact) mass is 421 g/mol. The Morgan fingerprint density at radius 2 is 1.61 bits per heavy atom. The van der Waals surface area contributed by atoms with Crippen molar-refractivity contribution >= 4 is 11.8 Å². The molecule has 0 bridgehead atoms. The Kier molecular flexibility index (Phi) is 7.23. The van der Waals surface area contributed by atoms with Crippen LogP contribution in [0.15, 0.2) is 72.9 Å². The van der Waals surface area contributed by atoms with Gasteiger partial charge in [-0.1, -0.05) is 30.3 Å². The van der Waals surface area contributed by atoms with Crippen molar-refractivity contribution in [3.63, 3.8) is 0 Å². The van der Waals surface area contributed by atoms with Crippen LogP contribution in [0.3, 0.4) is 0 Å². The van der Waals surface area contributed by atoms with E-state index in [2.05, 4.69) is 0 Å². The first kappa shape index (κ1) is 22.3. The van der Waals surface area contributed by atoms with Gasteiger partial charge in [-0.05, 0) is 55.8 Å². The minimum absolute atomic E-state index is 0.0505. The van der Waals surface area contributed by atoms with Crippen molar-refractivity contribution < 1.29 is 14.0 Å². The Balaban J connectivity index is 1.81. The molecule has 0 saturated heterocycles. The zero-order valence-corrected chi connectivity index (χ0v) is 18.2. The summed E-state index contributed by atoms with van der Waals surface area (Å²) in [6.45, 7) is 4.57. The number of hydrogen-bond acceptors (Lipinski definition) is 2. The lowest BCUT2D eigenvalue weighted by Crippen LogP contribution is -2.45. The largest absolute Gasteiger partial charge is 0.353 e. The lowest BCUT2D eigenvalue weighted by atomic mass is 10.1. The number of benzene rings is 2. The molecule has 3 aromatic rings. The summed E-state index contributed by atoms with van der Waals surface area (Å²) >= 11 is 0. The molecule has 0 unspecified atom stereocenters. The Morgan fingerprint density at radius 3 is 2.19 bits per heavy atom. The normalized spacial score (nSPS) is 10.9. The molecule has 6 heteroatoms. The highest BCUT2D eigenvalue weighted by molar-refractivity contribution is 5.96. The summed E-state index contributed by atoms with van der Waals surface area (Å²) in [7, 11) is 1.94. The van der Waals surface area contributed by atoms with E-state index < -0.39 is 5.82 Å². The number of aromatic nitrogens is 1. The molecule has 2 aromatic carbocycles. The van der Waals surface area contributed by atoms with Gasteiger partial charge in [-0.3, -0.25) is 9.59 Å². The second-order valence-electron chi connectivity index (χ2n) is 7.88. The molecule has 3 rings (SSSR count). The minimum Gasteiger partial charge on any atom is -0.353 e. The number of hydrogen-bond donors (Lipinski definition) is 0. The Bertz CT molecular complexity index is 1010. The molecule has 0 aliphatic carbocycles. The van der Waals surface area contributed by atoms with Gasteiger partial charge in [0, 0.05) is 37.1 Å². The number of aryl methyl sites for hydroxylation is 1. The van der Waals surface area contributed by atoms with Gasteiger partial charge in [0.25, 0.3) is 5.91 Å². The van der Waals surface area contributed by atoms with Gasteiger partial charge in [0.05, 0.1) is 6.54 Å². The smallest absolute Gasteiger partial charge is 0.254 e. The van der Waals surface area contributed by atoms with Crippen LogP contribution in [0.5, 0.6) is 0 Å². The molecule has 2 amide bonds. The van der Waals surface area contributed by atoms with Gasteiger partial charge in [-0.2, -0.15) is 0 Å². The summed E-state index contributed by atoms with van der Waals surface area (Å²) in [6, 6.07) is 18.9. The number of rotatable bonds is 8. The average molecular weight is 422 g/mol. The van der Waals surface area contributed by atoms with Crippen LogP contribution in [-0.2, 0) is 24.9 Å². The van der Waals surface area contributed by atoms with Crippen LogP contribution in [0.1, 0.15) is 35.5 Å². The van der Waals surface area contributed by atoms with Gasteiger partial charge in [0.2, 0.25) is 5.91 Å². The van der Waals surface area contributed by atoms with E-state index in [-0.39, 0.29) is 24.4 Å². The standard InChI is InChI=1S/C25H28FN3O2/c1-19(2)29(25(31)21-11-13-22(26)14-12-21)18-24(30)28(16-20-8-5-4-6-9-20)17-23-10-7-15-27(23)3/h4-15,19H,16-18H2,1-3H3. The molecular weight excluding hydrogens is 393 g/mol. The molecule has 5 nitrogen and oxygen atoms in total. The molecule has 0 aliphatic heterocycles. The molecule has 0 fully saturated rings. The maximum absolute atomic E-state index is 13.4. The van der Waals surface area contributed by atoms with Gasteiger partial charge < -0.3 is 14.4 Å². The second-order valence-corrected chi connectivity index (χ2v) is 7.88. The van der Waals surface area contributed by atoms with Crippen LogP contribution >= 0.6 is 0 Å². The van der Waals surface area contributed by atoms with Crippen LogP contribution in [0.4, 0.5) is 4.39 Å². The SMILES string of the molecule is CC(C)N(CC(=O)N(Cc1ccccc1)Cc1cccn1C)C(=O)c1ccc(F)cc1. The van der Waals surface area contributed by atoms with Gasteiger partial charge in [0.1, 0.15) is 12.4 Å². The molecule has 1 heterocycles. The van der Waals surface area contributed by atoms with Crippen LogP contribution < -0.4 is 0 Å². The zero-order valence-electron chi connectivity index (χ0n) is 18.2. The van der Waals surface area contributed by atoms with E-state index >= 15 is 0 Å². The molecular formula is C25H28FN3O2. The number of carbonyl (C=O) groups excluding carboxylic acids is 2. The van der Waals surface area contributed by atoms with E-state index in [0.29, 0.717) is 18.7 Å². The summed E-state index contributed by atoms with van der Waals surface area (Å²) in [5, 5.41) is 0. The Morgan fingerprint density at radius 1 is 0.935 bits per heavy atom. The van der Waals surface area contributed by atoms with Crippen molar-refractivity contribution in [1.29, 1.82) is 0 Å². The Labute approximate surface area is 182 Å². The summed E-state index contributed by atoms with van der Waals surface area (Å²) in [4.78, 5) is 29.7. The van der Waals surface area contributed by atoms with Crippen LogP contribution in [0, 0.1) is 5.82 Å². The van der Waals surface area contributed by atoms with E-state index in [0.717, 1.165) is 11.3 Å². The third-order valence-electron chi connectivity index (χ3n) is 5.25. The quantitative estimate of drug-likeness (QED) is 0.546. The molecule has 0 spiro atoms. The van der Waals surface area contributed by atoms with Crippen molar-refractivity contribution in [2.75, 3.05) is 6.54 Å². The summed E-state index contributed by atoms with van der Waals surface area (Å²) < 4.78 is 15.2. The second kappa shape index (κ2) is 10.1. The van der Waals surface area contributed by atoms with Crippen molar-refractivity contribution in [1.82, 2.24) is 14.4 Å². The highest BCUT2D eigenvalue weighted by atomic mass is 19.1. The van der Waals surface area contributed by atoms with Crippen molar-refractivity contribution in [3.05, 3.63) is 95.6 Å². The van der Waals surface area contributed by atoms with E-state index in [1.165, 1.54) is 29.2 Å². The molecule has 0 aliphatic rings. The van der Waals surface area contributed by atoms with E-state index in [4.69, 9.17) is 0 Å². The fourth-order valence-electron chi connectivity index (χ4n) is 3.39. The third-order valence-corrected chi connectivity index (χ3v) is 5.25. The summed E-state index contributed by atoms with van der Waals surface area (Å²) in [5.41, 5.74) is 2.39. The summed E-state index contributed by atoms with van der Waals surface area (Å²) in [6.07, 6.45) is 1.94. The molecule has 0 radical (unpaired) electrons. The zero-order chi connectivity index (χ0) is 22.4. The maximum atomic E-state index is 13.4. The van der Waals surface area contributed by atoms with Crippen LogP contribution in [0.2, 0.25) is 0 Å². The number of carbonyl (C=O) groups is 2. The lowest BCUT2D eigenvalue weighted by Gasteiger charge is -2.30.